The van der Waals surface area contributed by atoms with Crippen molar-refractivity contribution in [2.45, 2.75) is 46.5 Å². The van der Waals surface area contributed by atoms with Gasteiger partial charge in [0.2, 0.25) is 0 Å². The standard InChI is InChI=1S/C22H23N5/c1-14-8-4-7-11-20(14)24-21-19(13-23)17-9-5-6-10-18(17)22(25-21)27-16(3)12-15(2)26-27/h4,7-8,11-12H,5-6,9-10H2,1-3H3,(H,24,25). The Morgan fingerprint density at radius 3 is 2.48 bits per heavy atom. The molecule has 0 amide bonds. The number of aryl methyl sites for hydroxylation is 3. The second-order valence-corrected chi connectivity index (χ2v) is 7.21. The largest absolute Gasteiger partial charge is 0.339 e. The van der Waals surface area contributed by atoms with Gasteiger partial charge >= 0.3 is 0 Å². The number of rotatable bonds is 3. The van der Waals surface area contributed by atoms with Crippen LogP contribution in [0.1, 0.15) is 46.5 Å². The quantitative estimate of drug-likeness (QED) is 0.739. The van der Waals surface area contributed by atoms with Crippen molar-refractivity contribution >= 4 is 11.5 Å². The molecule has 1 aromatic carbocycles. The molecule has 3 aromatic rings. The van der Waals surface area contributed by atoms with E-state index < -0.39 is 0 Å². The maximum absolute atomic E-state index is 9.89. The van der Waals surface area contributed by atoms with Crippen LogP contribution in [0.2, 0.25) is 0 Å². The van der Waals surface area contributed by atoms with Gasteiger partial charge in [0.25, 0.3) is 0 Å². The third-order valence-corrected chi connectivity index (χ3v) is 5.21. The van der Waals surface area contributed by atoms with Crippen molar-refractivity contribution in [3.63, 3.8) is 0 Å². The summed E-state index contributed by atoms with van der Waals surface area (Å²) in [5, 5.41) is 17.9. The summed E-state index contributed by atoms with van der Waals surface area (Å²) in [7, 11) is 0. The maximum Gasteiger partial charge on any atom is 0.159 e. The molecule has 0 unspecified atom stereocenters. The number of pyridine rings is 1. The van der Waals surface area contributed by atoms with Crippen LogP contribution in [0, 0.1) is 32.1 Å². The Kier molecular flexibility index (Phi) is 4.41. The smallest absolute Gasteiger partial charge is 0.159 e. The highest BCUT2D eigenvalue weighted by Gasteiger charge is 2.24. The van der Waals surface area contributed by atoms with Crippen LogP contribution in [-0.2, 0) is 12.8 Å². The zero-order valence-corrected chi connectivity index (χ0v) is 16.0. The van der Waals surface area contributed by atoms with Crippen LogP contribution in [0.15, 0.2) is 30.3 Å². The summed E-state index contributed by atoms with van der Waals surface area (Å²) >= 11 is 0. The maximum atomic E-state index is 9.89. The van der Waals surface area contributed by atoms with E-state index in [-0.39, 0.29) is 0 Å². The van der Waals surface area contributed by atoms with Crippen LogP contribution in [0.3, 0.4) is 0 Å². The molecular weight excluding hydrogens is 334 g/mol. The lowest BCUT2D eigenvalue weighted by Gasteiger charge is -2.23. The fourth-order valence-electron chi connectivity index (χ4n) is 3.87. The van der Waals surface area contributed by atoms with E-state index in [1.165, 1.54) is 5.56 Å². The molecule has 27 heavy (non-hydrogen) atoms. The zero-order chi connectivity index (χ0) is 19.0. The number of anilines is 2. The van der Waals surface area contributed by atoms with Gasteiger partial charge < -0.3 is 5.32 Å². The fourth-order valence-corrected chi connectivity index (χ4v) is 3.87. The average Bonchev–Trinajstić information content (AvgIpc) is 3.01. The van der Waals surface area contributed by atoms with Gasteiger partial charge in [-0.05, 0) is 69.7 Å². The van der Waals surface area contributed by atoms with E-state index >= 15 is 0 Å². The minimum atomic E-state index is 0.620. The van der Waals surface area contributed by atoms with Crippen molar-refractivity contribution in [2.75, 3.05) is 5.32 Å². The average molecular weight is 357 g/mol. The summed E-state index contributed by atoms with van der Waals surface area (Å²) in [5.41, 5.74) is 7.07. The number of benzene rings is 1. The van der Waals surface area contributed by atoms with Gasteiger partial charge in [-0.2, -0.15) is 10.4 Å². The van der Waals surface area contributed by atoms with E-state index in [0.29, 0.717) is 11.4 Å². The summed E-state index contributed by atoms with van der Waals surface area (Å²) in [6.45, 7) is 6.09. The first-order valence-electron chi connectivity index (χ1n) is 9.40. The molecule has 4 rings (SSSR count). The second-order valence-electron chi connectivity index (χ2n) is 7.21. The minimum absolute atomic E-state index is 0.620. The van der Waals surface area contributed by atoms with Crippen LogP contribution in [0.25, 0.3) is 5.82 Å². The van der Waals surface area contributed by atoms with Gasteiger partial charge in [0, 0.05) is 16.9 Å². The molecule has 2 aromatic heterocycles. The topological polar surface area (TPSA) is 66.5 Å². The lowest BCUT2D eigenvalue weighted by Crippen LogP contribution is -2.16. The van der Waals surface area contributed by atoms with Crippen molar-refractivity contribution < 1.29 is 0 Å². The van der Waals surface area contributed by atoms with Gasteiger partial charge in [-0.15, -0.1) is 0 Å². The molecule has 2 heterocycles. The Balaban J connectivity index is 1.93. The monoisotopic (exact) mass is 357 g/mol. The van der Waals surface area contributed by atoms with Crippen LogP contribution in [-0.4, -0.2) is 14.8 Å². The minimum Gasteiger partial charge on any atom is -0.339 e. The molecular formula is C22H23N5. The van der Waals surface area contributed by atoms with Gasteiger partial charge in [-0.3, -0.25) is 0 Å². The fraction of sp³-hybridized carbons (Fsp3) is 0.318. The number of nitrogens with one attached hydrogen (secondary N) is 1. The molecule has 0 fully saturated rings. The molecule has 0 radical (unpaired) electrons. The van der Waals surface area contributed by atoms with Gasteiger partial charge in [0.15, 0.2) is 11.6 Å². The van der Waals surface area contributed by atoms with Crippen LogP contribution in [0.5, 0.6) is 0 Å². The number of fused-ring (bicyclic) bond motifs is 1. The number of hydrogen-bond acceptors (Lipinski definition) is 4. The first kappa shape index (κ1) is 17.3. The molecule has 0 bridgehead atoms. The van der Waals surface area contributed by atoms with Crippen LogP contribution < -0.4 is 5.32 Å². The van der Waals surface area contributed by atoms with Crippen molar-refractivity contribution in [3.8, 4) is 11.9 Å². The summed E-state index contributed by atoms with van der Waals surface area (Å²) in [4.78, 5) is 4.90. The molecule has 0 saturated heterocycles. The Morgan fingerprint density at radius 1 is 1.07 bits per heavy atom. The molecule has 136 valence electrons. The molecule has 1 aliphatic rings. The molecule has 5 heteroatoms. The van der Waals surface area contributed by atoms with E-state index in [9.17, 15) is 5.26 Å². The second kappa shape index (κ2) is 6.88. The Morgan fingerprint density at radius 2 is 1.81 bits per heavy atom. The number of nitrogens with zero attached hydrogens (tertiary/aromatic N) is 4. The van der Waals surface area contributed by atoms with Crippen LogP contribution >= 0.6 is 0 Å². The van der Waals surface area contributed by atoms with Gasteiger partial charge in [0.1, 0.15) is 6.07 Å². The van der Waals surface area contributed by atoms with E-state index in [1.807, 2.05) is 36.7 Å². The molecule has 0 spiro atoms. The van der Waals surface area contributed by atoms with Crippen molar-refractivity contribution in [3.05, 3.63) is 64.0 Å². The number of hydrogen-bond donors (Lipinski definition) is 1. The van der Waals surface area contributed by atoms with Gasteiger partial charge in [-0.25, -0.2) is 9.67 Å². The van der Waals surface area contributed by atoms with Crippen molar-refractivity contribution in [1.82, 2.24) is 14.8 Å². The van der Waals surface area contributed by atoms with E-state index in [4.69, 9.17) is 4.98 Å². The number of para-hydroxylation sites is 1. The summed E-state index contributed by atoms with van der Waals surface area (Å²) < 4.78 is 1.92. The molecule has 0 aliphatic heterocycles. The highest BCUT2D eigenvalue weighted by Crippen LogP contribution is 2.34. The van der Waals surface area contributed by atoms with Gasteiger partial charge in [-0.1, -0.05) is 18.2 Å². The molecule has 1 N–H and O–H groups in total. The predicted octanol–water partition coefficient (Wildman–Crippen LogP) is 4.69. The lowest BCUT2D eigenvalue weighted by atomic mass is 9.89. The normalized spacial score (nSPS) is 13.1. The summed E-state index contributed by atoms with van der Waals surface area (Å²) in [5.74, 6) is 1.47. The summed E-state index contributed by atoms with van der Waals surface area (Å²) in [6.07, 6.45) is 4.08. The Bertz CT molecular complexity index is 1060. The number of aromatic nitrogens is 3. The van der Waals surface area contributed by atoms with E-state index in [0.717, 1.165) is 59.7 Å². The Hall–Kier alpha value is -3.13. The molecule has 1 aliphatic carbocycles. The SMILES string of the molecule is Cc1cc(C)n(-c2nc(Nc3ccccc3C)c(C#N)c3c2CCCC3)n1. The zero-order valence-electron chi connectivity index (χ0n) is 16.0. The Labute approximate surface area is 159 Å². The first-order chi connectivity index (χ1) is 13.1. The highest BCUT2D eigenvalue weighted by molar-refractivity contribution is 5.70. The lowest BCUT2D eigenvalue weighted by molar-refractivity contribution is 0.666. The first-order valence-corrected chi connectivity index (χ1v) is 9.40. The summed E-state index contributed by atoms with van der Waals surface area (Å²) in [6, 6.07) is 12.5. The third kappa shape index (κ3) is 3.08. The van der Waals surface area contributed by atoms with E-state index in [2.05, 4.69) is 35.5 Å². The third-order valence-electron chi connectivity index (χ3n) is 5.21. The molecule has 0 saturated carbocycles. The van der Waals surface area contributed by atoms with Gasteiger partial charge in [0.05, 0.1) is 11.3 Å². The number of nitriles is 1. The van der Waals surface area contributed by atoms with E-state index in [1.54, 1.807) is 0 Å². The van der Waals surface area contributed by atoms with Crippen LogP contribution in [0.4, 0.5) is 11.5 Å². The predicted molar refractivity (Wildman–Crippen MR) is 107 cm³/mol. The van der Waals surface area contributed by atoms with Crippen molar-refractivity contribution in [2.24, 2.45) is 0 Å². The van der Waals surface area contributed by atoms with Crippen molar-refractivity contribution in [1.29, 1.82) is 5.26 Å². The molecule has 0 atom stereocenters. The molecule has 5 nitrogen and oxygen atoms in total. The highest BCUT2D eigenvalue weighted by atomic mass is 15.3.